The Morgan fingerprint density at radius 2 is 1.36 bits per heavy atom. The van der Waals surface area contributed by atoms with E-state index in [4.69, 9.17) is 0 Å². The first-order chi connectivity index (χ1) is 4.84. The molecule has 0 saturated carbocycles. The van der Waals surface area contributed by atoms with Gasteiger partial charge in [-0.3, -0.25) is 0 Å². The highest BCUT2D eigenvalue weighted by Gasteiger charge is 2.18. The third-order valence-corrected chi connectivity index (χ3v) is 4.54. The first-order valence-electron chi connectivity index (χ1n) is 4.20. The number of rotatable bonds is 4. The van der Waals surface area contributed by atoms with Crippen molar-refractivity contribution in [3.63, 3.8) is 0 Å². The van der Waals surface area contributed by atoms with Gasteiger partial charge in [0.25, 0.3) is 0 Å². The van der Waals surface area contributed by atoms with E-state index in [9.17, 15) is 0 Å². The lowest BCUT2D eigenvalue weighted by Crippen LogP contribution is -2.45. The van der Waals surface area contributed by atoms with Crippen molar-refractivity contribution in [1.29, 1.82) is 0 Å². The minimum absolute atomic E-state index is 1.02. The Morgan fingerprint density at radius 1 is 0.909 bits per heavy atom. The van der Waals surface area contributed by atoms with Gasteiger partial charge in [0.05, 0.1) is 0 Å². The van der Waals surface area contributed by atoms with Gasteiger partial charge in [-0.25, -0.2) is 0 Å². The fraction of sp³-hybridized carbons (Fsp3) is 1.00. The van der Waals surface area contributed by atoms with Crippen LogP contribution in [-0.4, -0.2) is 51.9 Å². The van der Waals surface area contributed by atoms with Gasteiger partial charge in [-0.1, -0.05) is 19.6 Å². The van der Waals surface area contributed by atoms with Crippen molar-refractivity contribution in [3.05, 3.63) is 0 Å². The molecule has 3 heteroatoms. The zero-order valence-corrected chi connectivity index (χ0v) is 9.81. The van der Waals surface area contributed by atoms with E-state index < -0.39 is 8.24 Å². The topological polar surface area (TPSA) is 6.48 Å². The van der Waals surface area contributed by atoms with Gasteiger partial charge < -0.3 is 9.47 Å². The summed E-state index contributed by atoms with van der Waals surface area (Å²) in [5.74, 6) is 0. The summed E-state index contributed by atoms with van der Waals surface area (Å²) in [6, 6.07) is 0. The summed E-state index contributed by atoms with van der Waals surface area (Å²) in [4.78, 5) is 2.23. The van der Waals surface area contributed by atoms with Crippen LogP contribution >= 0.6 is 0 Å². The summed E-state index contributed by atoms with van der Waals surface area (Å²) in [6.07, 6.45) is 0. The molecule has 0 saturated heterocycles. The SMILES string of the molecule is CN(C)CCN(C)[Si](C)(C)C. The van der Waals surface area contributed by atoms with Gasteiger partial charge in [0, 0.05) is 13.1 Å². The molecule has 68 valence electrons. The van der Waals surface area contributed by atoms with Crippen molar-refractivity contribution in [2.24, 2.45) is 0 Å². The van der Waals surface area contributed by atoms with Crippen molar-refractivity contribution in [2.45, 2.75) is 19.6 Å². The average Bonchev–Trinajstić information content (AvgIpc) is 1.80. The molecule has 0 atom stereocenters. The molecule has 0 heterocycles. The quantitative estimate of drug-likeness (QED) is 0.593. The van der Waals surface area contributed by atoms with Crippen LogP contribution in [0.25, 0.3) is 0 Å². The molecule has 0 unspecified atom stereocenters. The van der Waals surface area contributed by atoms with Crippen LogP contribution in [0, 0.1) is 0 Å². The molecule has 0 aliphatic rings. The highest BCUT2D eigenvalue weighted by molar-refractivity contribution is 6.73. The van der Waals surface area contributed by atoms with Gasteiger partial charge in [-0.2, -0.15) is 0 Å². The zero-order valence-electron chi connectivity index (χ0n) is 8.81. The van der Waals surface area contributed by atoms with Crippen molar-refractivity contribution in [2.75, 3.05) is 34.2 Å². The van der Waals surface area contributed by atoms with Crippen molar-refractivity contribution in [3.8, 4) is 0 Å². The predicted octanol–water partition coefficient (Wildman–Crippen LogP) is 1.31. The Balaban J connectivity index is 3.61. The molecule has 0 spiro atoms. The van der Waals surface area contributed by atoms with Crippen molar-refractivity contribution >= 4 is 8.24 Å². The summed E-state index contributed by atoms with van der Waals surface area (Å²) < 4.78 is 2.51. The van der Waals surface area contributed by atoms with Gasteiger partial charge in [-0.15, -0.1) is 0 Å². The Morgan fingerprint density at radius 3 is 1.64 bits per heavy atom. The number of hydrogen-bond donors (Lipinski definition) is 0. The monoisotopic (exact) mass is 174 g/mol. The van der Waals surface area contributed by atoms with E-state index in [1.807, 2.05) is 0 Å². The Hall–Kier alpha value is 0.137. The van der Waals surface area contributed by atoms with E-state index >= 15 is 0 Å². The lowest BCUT2D eigenvalue weighted by molar-refractivity contribution is 0.358. The van der Waals surface area contributed by atoms with Crippen LogP contribution in [-0.2, 0) is 0 Å². The maximum absolute atomic E-state index is 2.51. The normalized spacial score (nSPS) is 13.1. The molecule has 0 amide bonds. The van der Waals surface area contributed by atoms with Crippen LogP contribution in [0.3, 0.4) is 0 Å². The molecule has 0 bridgehead atoms. The van der Waals surface area contributed by atoms with Gasteiger partial charge >= 0.3 is 0 Å². The van der Waals surface area contributed by atoms with E-state index in [1.54, 1.807) is 0 Å². The summed E-state index contributed by atoms with van der Waals surface area (Å²) in [6.45, 7) is 9.50. The summed E-state index contributed by atoms with van der Waals surface area (Å²) >= 11 is 0. The largest absolute Gasteiger partial charge is 0.325 e. The van der Waals surface area contributed by atoms with Crippen LogP contribution in [0.1, 0.15) is 0 Å². The van der Waals surface area contributed by atoms with E-state index in [1.165, 1.54) is 13.1 Å². The maximum atomic E-state index is 2.51. The molecule has 2 nitrogen and oxygen atoms in total. The predicted molar refractivity (Wildman–Crippen MR) is 54.5 cm³/mol. The fourth-order valence-electron chi connectivity index (χ4n) is 0.685. The summed E-state index contributed by atoms with van der Waals surface area (Å²) in [5, 5.41) is 0. The summed E-state index contributed by atoms with van der Waals surface area (Å²) in [7, 11) is 5.46. The third-order valence-electron chi connectivity index (χ3n) is 2.03. The number of hydrogen-bond acceptors (Lipinski definition) is 2. The molecular weight excluding hydrogens is 152 g/mol. The molecule has 0 radical (unpaired) electrons. The van der Waals surface area contributed by atoms with Gasteiger partial charge in [0.2, 0.25) is 0 Å². The summed E-state index contributed by atoms with van der Waals surface area (Å²) in [5.41, 5.74) is 0. The highest BCUT2D eigenvalue weighted by Crippen LogP contribution is 2.04. The van der Waals surface area contributed by atoms with Gasteiger partial charge in [0.15, 0.2) is 0 Å². The standard InChI is InChI=1S/C8H22N2Si/c1-9(2)7-8-10(3)11(4,5)6/h7-8H2,1-6H3. The second-order valence-electron chi connectivity index (χ2n) is 4.40. The second-order valence-corrected chi connectivity index (χ2v) is 9.50. The molecule has 0 aliphatic heterocycles. The Labute approximate surface area is 72.3 Å². The minimum atomic E-state index is -1.02. The molecule has 0 fully saturated rings. The minimum Gasteiger partial charge on any atom is -0.325 e. The third kappa shape index (κ3) is 5.41. The van der Waals surface area contributed by atoms with Gasteiger partial charge in [-0.05, 0) is 21.1 Å². The van der Waals surface area contributed by atoms with Crippen LogP contribution in [0.15, 0.2) is 0 Å². The van der Waals surface area contributed by atoms with E-state index in [-0.39, 0.29) is 0 Å². The lowest BCUT2D eigenvalue weighted by Gasteiger charge is -2.30. The van der Waals surface area contributed by atoms with E-state index in [0.29, 0.717) is 0 Å². The number of likely N-dealkylation sites (N-methyl/N-ethyl adjacent to an activating group) is 2. The average molecular weight is 174 g/mol. The van der Waals surface area contributed by atoms with Crippen LogP contribution in [0.2, 0.25) is 19.6 Å². The van der Waals surface area contributed by atoms with Crippen LogP contribution < -0.4 is 0 Å². The first kappa shape index (κ1) is 11.1. The highest BCUT2D eigenvalue weighted by atomic mass is 28.3. The lowest BCUT2D eigenvalue weighted by atomic mass is 10.6. The van der Waals surface area contributed by atoms with Crippen LogP contribution in [0.4, 0.5) is 0 Å². The van der Waals surface area contributed by atoms with Crippen molar-refractivity contribution in [1.82, 2.24) is 9.47 Å². The molecule has 0 aromatic rings. The molecule has 0 aliphatic carbocycles. The maximum Gasteiger partial charge on any atom is 0.118 e. The molecule has 11 heavy (non-hydrogen) atoms. The van der Waals surface area contributed by atoms with Crippen LogP contribution in [0.5, 0.6) is 0 Å². The molecular formula is C8H22N2Si. The fourth-order valence-corrected chi connectivity index (χ4v) is 1.46. The molecule has 0 aromatic carbocycles. The van der Waals surface area contributed by atoms with Gasteiger partial charge in [0.1, 0.15) is 8.24 Å². The van der Waals surface area contributed by atoms with E-state index in [2.05, 4.69) is 50.2 Å². The Bertz CT molecular complexity index is 107. The zero-order chi connectivity index (χ0) is 9.07. The van der Waals surface area contributed by atoms with E-state index in [0.717, 1.165) is 0 Å². The molecule has 0 rings (SSSR count). The molecule has 0 N–H and O–H groups in total. The van der Waals surface area contributed by atoms with Crippen molar-refractivity contribution < 1.29 is 0 Å². The molecule has 0 aromatic heterocycles. The Kier molecular flexibility index (Phi) is 4.29. The second kappa shape index (κ2) is 4.23. The number of nitrogens with zero attached hydrogens (tertiary/aromatic N) is 2. The smallest absolute Gasteiger partial charge is 0.118 e. The first-order valence-corrected chi connectivity index (χ1v) is 7.64.